The summed E-state index contributed by atoms with van der Waals surface area (Å²) in [6.07, 6.45) is 3.23. The SMILES string of the molecule is NC1(c2c(Br)ccc3c2OCCO3)CCC1. The zero-order chi connectivity index (χ0) is 11.2. The van der Waals surface area contributed by atoms with Crippen LogP contribution >= 0.6 is 15.9 Å². The quantitative estimate of drug-likeness (QED) is 0.862. The Balaban J connectivity index is 2.14. The van der Waals surface area contributed by atoms with Crippen molar-refractivity contribution in [1.29, 1.82) is 0 Å². The molecule has 16 heavy (non-hydrogen) atoms. The summed E-state index contributed by atoms with van der Waals surface area (Å²) >= 11 is 3.57. The zero-order valence-corrected chi connectivity index (χ0v) is 10.5. The van der Waals surface area contributed by atoms with Crippen LogP contribution in [0.15, 0.2) is 16.6 Å². The highest BCUT2D eigenvalue weighted by Crippen LogP contribution is 2.49. The summed E-state index contributed by atoms with van der Waals surface area (Å²) in [6, 6.07) is 3.93. The topological polar surface area (TPSA) is 44.5 Å². The van der Waals surface area contributed by atoms with E-state index in [0.717, 1.165) is 34.4 Å². The molecule has 2 N–H and O–H groups in total. The van der Waals surface area contributed by atoms with Gasteiger partial charge in [-0.25, -0.2) is 0 Å². The summed E-state index contributed by atoms with van der Waals surface area (Å²) in [5.74, 6) is 1.66. The Morgan fingerprint density at radius 3 is 2.62 bits per heavy atom. The average Bonchev–Trinajstić information content (AvgIpc) is 2.26. The van der Waals surface area contributed by atoms with E-state index in [4.69, 9.17) is 15.2 Å². The molecule has 0 spiro atoms. The molecular weight excluding hydrogens is 270 g/mol. The summed E-state index contributed by atoms with van der Waals surface area (Å²) < 4.78 is 12.3. The van der Waals surface area contributed by atoms with Crippen molar-refractivity contribution in [2.45, 2.75) is 24.8 Å². The molecule has 2 aliphatic rings. The van der Waals surface area contributed by atoms with Crippen LogP contribution in [0.5, 0.6) is 11.5 Å². The highest BCUT2D eigenvalue weighted by Gasteiger charge is 2.40. The van der Waals surface area contributed by atoms with Crippen LogP contribution in [0.4, 0.5) is 0 Å². The second-order valence-corrected chi connectivity index (χ2v) is 5.31. The van der Waals surface area contributed by atoms with E-state index in [-0.39, 0.29) is 5.54 Å². The van der Waals surface area contributed by atoms with E-state index in [0.29, 0.717) is 13.2 Å². The third kappa shape index (κ3) is 1.44. The third-order valence-electron chi connectivity index (χ3n) is 3.40. The Morgan fingerprint density at radius 1 is 1.19 bits per heavy atom. The number of fused-ring (bicyclic) bond motifs is 1. The normalized spacial score (nSPS) is 21.4. The van der Waals surface area contributed by atoms with Gasteiger partial charge in [-0.2, -0.15) is 0 Å². The maximum Gasteiger partial charge on any atom is 0.167 e. The number of ether oxygens (including phenoxy) is 2. The molecule has 1 heterocycles. The first-order valence-corrected chi connectivity index (χ1v) is 6.37. The molecule has 0 unspecified atom stereocenters. The van der Waals surface area contributed by atoms with Gasteiger partial charge >= 0.3 is 0 Å². The third-order valence-corrected chi connectivity index (χ3v) is 4.06. The van der Waals surface area contributed by atoms with Gasteiger partial charge in [0.25, 0.3) is 0 Å². The maximum atomic E-state index is 6.38. The van der Waals surface area contributed by atoms with E-state index < -0.39 is 0 Å². The van der Waals surface area contributed by atoms with Crippen molar-refractivity contribution in [3.63, 3.8) is 0 Å². The summed E-state index contributed by atoms with van der Waals surface area (Å²) in [7, 11) is 0. The predicted octanol–water partition coefficient (Wildman–Crippen LogP) is 2.56. The molecule has 0 saturated heterocycles. The van der Waals surface area contributed by atoms with E-state index in [1.807, 2.05) is 12.1 Å². The summed E-state index contributed by atoms with van der Waals surface area (Å²) in [5, 5.41) is 0. The summed E-state index contributed by atoms with van der Waals surface area (Å²) in [5.41, 5.74) is 7.23. The molecule has 0 bridgehead atoms. The highest BCUT2D eigenvalue weighted by molar-refractivity contribution is 9.10. The van der Waals surface area contributed by atoms with Crippen molar-refractivity contribution >= 4 is 15.9 Å². The number of nitrogens with two attached hydrogens (primary N) is 1. The minimum atomic E-state index is -0.231. The van der Waals surface area contributed by atoms with Gasteiger partial charge in [-0.3, -0.25) is 0 Å². The van der Waals surface area contributed by atoms with Gasteiger partial charge in [-0.15, -0.1) is 0 Å². The maximum absolute atomic E-state index is 6.38. The summed E-state index contributed by atoms with van der Waals surface area (Å²) in [6.45, 7) is 1.22. The molecule has 1 fully saturated rings. The first-order chi connectivity index (χ1) is 7.71. The minimum absolute atomic E-state index is 0.231. The van der Waals surface area contributed by atoms with E-state index in [1.54, 1.807) is 0 Å². The predicted molar refractivity (Wildman–Crippen MR) is 64.8 cm³/mol. The molecule has 1 saturated carbocycles. The largest absolute Gasteiger partial charge is 0.486 e. The van der Waals surface area contributed by atoms with Crippen LogP contribution in [0, 0.1) is 0 Å². The molecular formula is C12H14BrNO2. The van der Waals surface area contributed by atoms with Gasteiger partial charge in [0.1, 0.15) is 13.2 Å². The van der Waals surface area contributed by atoms with E-state index in [1.165, 1.54) is 6.42 Å². The van der Waals surface area contributed by atoms with Gasteiger partial charge in [0.05, 0.1) is 0 Å². The standard InChI is InChI=1S/C12H14BrNO2/c13-8-2-3-9-11(16-7-6-15-9)10(8)12(14)4-1-5-12/h2-3H,1,4-7,14H2. The van der Waals surface area contributed by atoms with Crippen molar-refractivity contribution in [2.75, 3.05) is 13.2 Å². The average molecular weight is 284 g/mol. The fourth-order valence-corrected chi connectivity index (χ4v) is 3.07. The van der Waals surface area contributed by atoms with Crippen molar-refractivity contribution in [3.05, 3.63) is 22.2 Å². The lowest BCUT2D eigenvalue weighted by molar-refractivity contribution is 0.159. The lowest BCUT2D eigenvalue weighted by Crippen LogP contribution is -2.44. The van der Waals surface area contributed by atoms with E-state index >= 15 is 0 Å². The van der Waals surface area contributed by atoms with Crippen LogP contribution in [-0.4, -0.2) is 13.2 Å². The van der Waals surface area contributed by atoms with Crippen LogP contribution in [-0.2, 0) is 5.54 Å². The number of hydrogen-bond acceptors (Lipinski definition) is 3. The molecule has 0 amide bonds. The molecule has 86 valence electrons. The van der Waals surface area contributed by atoms with Crippen LogP contribution in [0.25, 0.3) is 0 Å². The van der Waals surface area contributed by atoms with Crippen LogP contribution < -0.4 is 15.2 Å². The molecule has 0 atom stereocenters. The zero-order valence-electron chi connectivity index (χ0n) is 8.96. The van der Waals surface area contributed by atoms with Gasteiger partial charge in [0.15, 0.2) is 11.5 Å². The van der Waals surface area contributed by atoms with Gasteiger partial charge in [0, 0.05) is 15.6 Å². The molecule has 1 aliphatic carbocycles. The number of halogens is 1. The fourth-order valence-electron chi connectivity index (χ4n) is 2.36. The molecule has 3 rings (SSSR count). The van der Waals surface area contributed by atoms with Crippen LogP contribution in [0.1, 0.15) is 24.8 Å². The molecule has 4 heteroatoms. The second-order valence-electron chi connectivity index (χ2n) is 4.46. The first kappa shape index (κ1) is 10.4. The highest BCUT2D eigenvalue weighted by atomic mass is 79.9. The van der Waals surface area contributed by atoms with Gasteiger partial charge in [0.2, 0.25) is 0 Å². The fraction of sp³-hybridized carbons (Fsp3) is 0.500. The lowest BCUT2D eigenvalue weighted by atomic mass is 9.72. The van der Waals surface area contributed by atoms with Gasteiger partial charge in [-0.1, -0.05) is 15.9 Å². The Morgan fingerprint density at radius 2 is 1.94 bits per heavy atom. The molecule has 1 aliphatic heterocycles. The minimum Gasteiger partial charge on any atom is -0.486 e. The van der Waals surface area contributed by atoms with Crippen LogP contribution in [0.3, 0.4) is 0 Å². The van der Waals surface area contributed by atoms with Crippen molar-refractivity contribution in [1.82, 2.24) is 0 Å². The monoisotopic (exact) mass is 283 g/mol. The first-order valence-electron chi connectivity index (χ1n) is 5.58. The Labute approximate surface area is 103 Å². The smallest absolute Gasteiger partial charge is 0.167 e. The Bertz CT molecular complexity index is 429. The van der Waals surface area contributed by atoms with Gasteiger partial charge < -0.3 is 15.2 Å². The Hall–Kier alpha value is -0.740. The Kier molecular flexibility index (Phi) is 2.37. The summed E-state index contributed by atoms with van der Waals surface area (Å²) in [4.78, 5) is 0. The molecule has 1 aromatic carbocycles. The molecule has 3 nitrogen and oxygen atoms in total. The second kappa shape index (κ2) is 3.64. The van der Waals surface area contributed by atoms with Crippen molar-refractivity contribution < 1.29 is 9.47 Å². The van der Waals surface area contributed by atoms with E-state index in [2.05, 4.69) is 15.9 Å². The van der Waals surface area contributed by atoms with E-state index in [9.17, 15) is 0 Å². The number of hydrogen-bond donors (Lipinski definition) is 1. The molecule has 0 aromatic heterocycles. The van der Waals surface area contributed by atoms with Crippen LogP contribution in [0.2, 0.25) is 0 Å². The van der Waals surface area contributed by atoms with Crippen molar-refractivity contribution in [3.8, 4) is 11.5 Å². The molecule has 0 radical (unpaired) electrons. The number of rotatable bonds is 1. The lowest BCUT2D eigenvalue weighted by Gasteiger charge is -2.40. The number of benzene rings is 1. The molecule has 1 aromatic rings. The van der Waals surface area contributed by atoms with Crippen molar-refractivity contribution in [2.24, 2.45) is 5.73 Å². The van der Waals surface area contributed by atoms with Gasteiger partial charge in [-0.05, 0) is 31.4 Å².